The molecule has 1 aromatic heterocycles. The summed E-state index contributed by atoms with van der Waals surface area (Å²) in [6, 6.07) is 2.88. The lowest BCUT2D eigenvalue weighted by atomic mass is 9.54. The van der Waals surface area contributed by atoms with Crippen molar-refractivity contribution in [3.8, 4) is 6.19 Å². The lowest BCUT2D eigenvalue weighted by molar-refractivity contribution is 0.0194. The first-order chi connectivity index (χ1) is 8.85. The summed E-state index contributed by atoms with van der Waals surface area (Å²) in [5.74, 6) is 0.738. The van der Waals surface area contributed by atoms with E-state index >= 15 is 0 Å². The number of hydrogen-bond donors (Lipinski definition) is 0. The van der Waals surface area contributed by atoms with Crippen LogP contribution in [0, 0.1) is 17.4 Å². The Morgan fingerprint density at radius 1 is 1.39 bits per heavy atom. The summed E-state index contributed by atoms with van der Waals surface area (Å²) < 4.78 is 0. The summed E-state index contributed by atoms with van der Waals surface area (Å²) in [7, 11) is 0. The largest absolute Gasteiger partial charge is 0.307 e. The quantitative estimate of drug-likeness (QED) is 0.668. The Hall–Kier alpha value is -1.01. The average molecular weight is 258 g/mol. The molecule has 2 fully saturated rings. The summed E-state index contributed by atoms with van der Waals surface area (Å²) in [6.07, 6.45) is 10.2. The number of fused-ring (bicyclic) bond motifs is 1. The Balaban J connectivity index is 1.87. The van der Waals surface area contributed by atoms with E-state index in [1.807, 2.05) is 11.3 Å². The van der Waals surface area contributed by atoms with Gasteiger partial charge < -0.3 is 4.90 Å². The predicted molar refractivity (Wildman–Crippen MR) is 72.4 cm³/mol. The fourth-order valence-corrected chi connectivity index (χ4v) is 5.85. The van der Waals surface area contributed by atoms with Gasteiger partial charge in [0.2, 0.25) is 0 Å². The predicted octanol–water partition coefficient (Wildman–Crippen LogP) is 3.29. The molecule has 18 heavy (non-hydrogen) atoms. The average Bonchev–Trinajstić information content (AvgIpc) is 2.88. The Bertz CT molecular complexity index is 515. The van der Waals surface area contributed by atoms with Crippen LogP contribution in [0.5, 0.6) is 0 Å². The van der Waals surface area contributed by atoms with Crippen molar-refractivity contribution in [1.29, 1.82) is 5.26 Å². The maximum Gasteiger partial charge on any atom is 0.179 e. The lowest BCUT2D eigenvalue weighted by Gasteiger charge is -2.57. The minimum Gasteiger partial charge on any atom is -0.307 e. The molecule has 2 heterocycles. The van der Waals surface area contributed by atoms with Crippen LogP contribution in [-0.4, -0.2) is 17.5 Å². The van der Waals surface area contributed by atoms with E-state index in [9.17, 15) is 5.26 Å². The van der Waals surface area contributed by atoms with Gasteiger partial charge in [-0.1, -0.05) is 12.8 Å². The van der Waals surface area contributed by atoms with Crippen LogP contribution in [0.25, 0.3) is 0 Å². The van der Waals surface area contributed by atoms with Crippen LogP contribution in [0.15, 0.2) is 11.4 Å². The Labute approximate surface area is 112 Å². The fourth-order valence-electron chi connectivity index (χ4n) is 4.82. The third-order valence-corrected chi connectivity index (χ3v) is 6.51. The monoisotopic (exact) mass is 258 g/mol. The van der Waals surface area contributed by atoms with E-state index in [-0.39, 0.29) is 0 Å². The van der Waals surface area contributed by atoms with Crippen molar-refractivity contribution in [3.05, 3.63) is 21.9 Å². The van der Waals surface area contributed by atoms with Crippen molar-refractivity contribution in [2.24, 2.45) is 5.92 Å². The topological polar surface area (TPSA) is 27.0 Å². The van der Waals surface area contributed by atoms with E-state index in [4.69, 9.17) is 0 Å². The first kappa shape index (κ1) is 10.9. The van der Waals surface area contributed by atoms with E-state index < -0.39 is 0 Å². The molecule has 0 radical (unpaired) electrons. The Kier molecular flexibility index (Phi) is 2.26. The molecule has 0 amide bonds. The normalized spacial score (nSPS) is 37.6. The van der Waals surface area contributed by atoms with Gasteiger partial charge in [-0.15, -0.1) is 11.3 Å². The number of hydrogen-bond acceptors (Lipinski definition) is 3. The van der Waals surface area contributed by atoms with Gasteiger partial charge >= 0.3 is 0 Å². The van der Waals surface area contributed by atoms with Crippen LogP contribution in [0.2, 0.25) is 0 Å². The van der Waals surface area contributed by atoms with Gasteiger partial charge in [-0.25, -0.2) is 0 Å². The lowest BCUT2D eigenvalue weighted by Crippen LogP contribution is -2.59. The van der Waals surface area contributed by atoms with Gasteiger partial charge in [-0.05, 0) is 42.2 Å². The molecule has 4 rings (SSSR count). The molecule has 2 nitrogen and oxygen atoms in total. The maximum atomic E-state index is 9.37. The van der Waals surface area contributed by atoms with Crippen LogP contribution >= 0.6 is 11.3 Å². The van der Waals surface area contributed by atoms with Gasteiger partial charge in [0, 0.05) is 29.3 Å². The number of likely N-dealkylation sites (tertiary alicyclic amines) is 1. The Morgan fingerprint density at radius 3 is 3.22 bits per heavy atom. The van der Waals surface area contributed by atoms with Gasteiger partial charge in [-0.3, -0.25) is 0 Å². The number of thiophene rings is 1. The van der Waals surface area contributed by atoms with Crippen LogP contribution in [0.1, 0.15) is 42.5 Å². The summed E-state index contributed by atoms with van der Waals surface area (Å²) in [5, 5.41) is 11.6. The van der Waals surface area contributed by atoms with Crippen molar-refractivity contribution in [3.63, 3.8) is 0 Å². The van der Waals surface area contributed by atoms with Crippen LogP contribution in [-0.2, 0) is 11.8 Å². The second-order valence-electron chi connectivity index (χ2n) is 6.08. The zero-order valence-corrected chi connectivity index (χ0v) is 11.4. The number of nitriles is 1. The van der Waals surface area contributed by atoms with Gasteiger partial charge in [-0.2, -0.15) is 5.26 Å². The van der Waals surface area contributed by atoms with E-state index in [1.165, 1.54) is 32.1 Å². The zero-order valence-electron chi connectivity index (χ0n) is 10.6. The molecule has 3 atom stereocenters. The summed E-state index contributed by atoms with van der Waals surface area (Å²) in [4.78, 5) is 3.65. The fraction of sp³-hybridized carbons (Fsp3) is 0.667. The first-order valence-electron chi connectivity index (χ1n) is 7.08. The van der Waals surface area contributed by atoms with Gasteiger partial charge in [0.05, 0.1) is 0 Å². The molecule has 94 valence electrons. The van der Waals surface area contributed by atoms with Gasteiger partial charge in [0.1, 0.15) is 0 Å². The summed E-state index contributed by atoms with van der Waals surface area (Å²) in [5.41, 5.74) is 2.09. The minimum atomic E-state index is 0.434. The van der Waals surface area contributed by atoms with Gasteiger partial charge in [0.15, 0.2) is 6.19 Å². The van der Waals surface area contributed by atoms with Crippen molar-refractivity contribution >= 4 is 11.3 Å². The molecule has 1 saturated carbocycles. The second-order valence-corrected chi connectivity index (χ2v) is 7.08. The molecule has 1 aromatic rings. The highest BCUT2D eigenvalue weighted by Gasteiger charge is 2.54. The zero-order chi connectivity index (χ0) is 12.2. The highest BCUT2D eigenvalue weighted by atomic mass is 32.1. The summed E-state index contributed by atoms with van der Waals surface area (Å²) in [6.45, 7) is 0.979. The molecule has 3 heteroatoms. The summed E-state index contributed by atoms with van der Waals surface area (Å²) >= 11 is 1.91. The van der Waals surface area contributed by atoms with E-state index in [1.54, 1.807) is 10.4 Å². The molecule has 1 unspecified atom stereocenters. The smallest absolute Gasteiger partial charge is 0.179 e. The molecule has 2 aliphatic carbocycles. The van der Waals surface area contributed by atoms with E-state index in [2.05, 4.69) is 22.5 Å². The molecule has 0 spiro atoms. The van der Waals surface area contributed by atoms with E-state index in [0.29, 0.717) is 11.5 Å². The van der Waals surface area contributed by atoms with Crippen LogP contribution in [0.4, 0.5) is 0 Å². The maximum absolute atomic E-state index is 9.37. The molecular weight excluding hydrogens is 240 g/mol. The second kappa shape index (κ2) is 3.74. The highest BCUT2D eigenvalue weighted by molar-refractivity contribution is 7.10. The molecule has 0 N–H and O–H groups in total. The van der Waals surface area contributed by atoms with Crippen molar-refractivity contribution in [2.75, 3.05) is 6.54 Å². The van der Waals surface area contributed by atoms with Gasteiger partial charge in [0.25, 0.3) is 0 Å². The number of piperidine rings is 1. The van der Waals surface area contributed by atoms with Crippen molar-refractivity contribution in [1.82, 2.24) is 4.90 Å². The molecule has 3 aliphatic rings. The van der Waals surface area contributed by atoms with Crippen LogP contribution < -0.4 is 0 Å². The number of nitrogens with zero attached hydrogens (tertiary/aromatic N) is 2. The molecular formula is C15H18N2S. The molecule has 2 bridgehead atoms. The van der Waals surface area contributed by atoms with Crippen molar-refractivity contribution < 1.29 is 0 Å². The third-order valence-electron chi connectivity index (χ3n) is 5.57. The standard InChI is InChI=1S/C15H18N2S/c16-10-17-7-6-15-5-2-1-3-11(15)13(17)9-14-12(15)4-8-18-14/h4,8,11,13H,1-3,5-7,9H2/t11?,13-,15-/m0/s1. The minimum absolute atomic E-state index is 0.434. The molecule has 0 aromatic carbocycles. The van der Waals surface area contributed by atoms with Crippen molar-refractivity contribution in [2.45, 2.75) is 50.0 Å². The number of rotatable bonds is 0. The third kappa shape index (κ3) is 1.22. The molecule has 1 aliphatic heterocycles. The van der Waals surface area contributed by atoms with E-state index in [0.717, 1.165) is 18.9 Å². The van der Waals surface area contributed by atoms with Crippen LogP contribution in [0.3, 0.4) is 0 Å². The Morgan fingerprint density at radius 2 is 2.33 bits per heavy atom. The first-order valence-corrected chi connectivity index (χ1v) is 7.96. The SMILES string of the molecule is N#CN1CC[C@@]23CCCCC2[C@@H]1Cc1sccc13. The highest BCUT2D eigenvalue weighted by Crippen LogP contribution is 2.56. The molecule has 1 saturated heterocycles.